The fourth-order valence-electron chi connectivity index (χ4n) is 3.60. The summed E-state index contributed by atoms with van der Waals surface area (Å²) >= 11 is 0. The Morgan fingerprint density at radius 1 is 0.967 bits per heavy atom. The summed E-state index contributed by atoms with van der Waals surface area (Å²) in [5, 5.41) is 3.78. The van der Waals surface area contributed by atoms with Gasteiger partial charge < -0.3 is 14.8 Å². The van der Waals surface area contributed by atoms with Gasteiger partial charge in [0.15, 0.2) is 11.5 Å². The first-order chi connectivity index (χ1) is 14.7. The number of benzene rings is 3. The minimum Gasteiger partial charge on any atom is -0.454 e. The molecule has 3 aromatic carbocycles. The second-order valence-electron chi connectivity index (χ2n) is 7.14. The maximum absolute atomic E-state index is 13.2. The Morgan fingerprint density at radius 2 is 1.77 bits per heavy atom. The van der Waals surface area contributed by atoms with Crippen molar-refractivity contribution in [3.8, 4) is 22.8 Å². The fourth-order valence-corrected chi connectivity index (χ4v) is 3.60. The van der Waals surface area contributed by atoms with Gasteiger partial charge >= 0.3 is 0 Å². The third kappa shape index (κ3) is 3.35. The van der Waals surface area contributed by atoms with Crippen molar-refractivity contribution in [1.29, 1.82) is 0 Å². The van der Waals surface area contributed by atoms with E-state index in [0.29, 0.717) is 22.7 Å². The Kier molecular flexibility index (Phi) is 4.56. The predicted octanol–water partition coefficient (Wildman–Crippen LogP) is 5.45. The van der Waals surface area contributed by atoms with E-state index >= 15 is 0 Å². The smallest absolute Gasteiger partial charge is 0.256 e. The van der Waals surface area contributed by atoms with Crippen molar-refractivity contribution in [2.45, 2.75) is 13.3 Å². The Labute approximate surface area is 174 Å². The minimum absolute atomic E-state index is 0.195. The molecule has 0 unspecified atom stereocenters. The van der Waals surface area contributed by atoms with Gasteiger partial charge in [-0.15, -0.1) is 0 Å². The van der Waals surface area contributed by atoms with Gasteiger partial charge in [0.2, 0.25) is 6.79 Å². The number of rotatable bonds is 4. The number of anilines is 1. The van der Waals surface area contributed by atoms with Crippen LogP contribution >= 0.6 is 0 Å². The first kappa shape index (κ1) is 18.2. The summed E-state index contributed by atoms with van der Waals surface area (Å²) in [6.07, 6.45) is 0.981. The normalized spacial score (nSPS) is 12.2. The van der Waals surface area contributed by atoms with Crippen LogP contribution in [0.5, 0.6) is 11.5 Å². The first-order valence-electron chi connectivity index (χ1n) is 9.91. The second kappa shape index (κ2) is 7.52. The molecule has 0 radical (unpaired) electrons. The summed E-state index contributed by atoms with van der Waals surface area (Å²) in [7, 11) is 0. The molecule has 0 aliphatic carbocycles. The third-order valence-corrected chi connectivity index (χ3v) is 5.25. The fraction of sp³-hybridized carbons (Fsp3) is 0.120. The molecule has 0 saturated heterocycles. The SMILES string of the molecule is CCc1ccc(-c2cc(C(=O)Nc3ccc4c(c3)OCO4)c3ccccc3n2)cc1. The molecule has 1 aromatic heterocycles. The number of aryl methyl sites for hydroxylation is 1. The zero-order chi connectivity index (χ0) is 20.5. The zero-order valence-corrected chi connectivity index (χ0v) is 16.5. The van der Waals surface area contributed by atoms with E-state index < -0.39 is 0 Å². The standard InChI is InChI=1S/C25H20N2O3/c1-2-16-7-9-17(10-8-16)22-14-20(19-5-3-4-6-21(19)27-22)25(28)26-18-11-12-23-24(13-18)30-15-29-23/h3-14H,2,15H2,1H3,(H,26,28). The molecule has 2 heterocycles. The van der Waals surface area contributed by atoms with Gasteiger partial charge in [-0.1, -0.05) is 49.4 Å². The summed E-state index contributed by atoms with van der Waals surface area (Å²) in [4.78, 5) is 18.0. The molecule has 0 atom stereocenters. The van der Waals surface area contributed by atoms with Gasteiger partial charge in [-0.2, -0.15) is 0 Å². The predicted molar refractivity (Wildman–Crippen MR) is 117 cm³/mol. The molecule has 5 rings (SSSR count). The number of pyridine rings is 1. The molecular formula is C25H20N2O3. The molecule has 0 fully saturated rings. The number of amides is 1. The topological polar surface area (TPSA) is 60.5 Å². The first-order valence-corrected chi connectivity index (χ1v) is 9.91. The highest BCUT2D eigenvalue weighted by atomic mass is 16.7. The summed E-state index contributed by atoms with van der Waals surface area (Å²) in [6, 6.07) is 23.2. The number of nitrogens with zero attached hydrogens (tertiary/aromatic N) is 1. The average Bonchev–Trinajstić information content (AvgIpc) is 3.26. The van der Waals surface area contributed by atoms with Crippen LogP contribution in [0.3, 0.4) is 0 Å². The number of para-hydroxylation sites is 1. The van der Waals surface area contributed by atoms with E-state index in [2.05, 4.69) is 36.5 Å². The molecule has 30 heavy (non-hydrogen) atoms. The van der Waals surface area contributed by atoms with Gasteiger partial charge in [0.25, 0.3) is 5.91 Å². The van der Waals surface area contributed by atoms with Crippen molar-refractivity contribution in [3.63, 3.8) is 0 Å². The van der Waals surface area contributed by atoms with Gasteiger partial charge in [0, 0.05) is 22.7 Å². The number of carbonyl (C=O) groups is 1. The van der Waals surface area contributed by atoms with Gasteiger partial charge in [-0.05, 0) is 36.2 Å². The van der Waals surface area contributed by atoms with Gasteiger partial charge in [-0.25, -0.2) is 4.98 Å². The molecule has 4 aromatic rings. The van der Waals surface area contributed by atoms with Gasteiger partial charge in [0.05, 0.1) is 16.8 Å². The molecular weight excluding hydrogens is 376 g/mol. The largest absolute Gasteiger partial charge is 0.454 e. The average molecular weight is 396 g/mol. The van der Waals surface area contributed by atoms with Crippen molar-refractivity contribution < 1.29 is 14.3 Å². The maximum atomic E-state index is 13.2. The monoisotopic (exact) mass is 396 g/mol. The van der Waals surface area contributed by atoms with Crippen LogP contribution in [0.2, 0.25) is 0 Å². The molecule has 1 aliphatic heterocycles. The molecule has 1 aliphatic rings. The lowest BCUT2D eigenvalue weighted by molar-refractivity contribution is 0.102. The number of nitrogens with one attached hydrogen (secondary N) is 1. The van der Waals surface area contributed by atoms with Crippen LogP contribution < -0.4 is 14.8 Å². The highest BCUT2D eigenvalue weighted by molar-refractivity contribution is 6.13. The van der Waals surface area contributed by atoms with Crippen molar-refractivity contribution >= 4 is 22.5 Å². The number of aromatic nitrogens is 1. The molecule has 0 bridgehead atoms. The molecule has 1 amide bonds. The van der Waals surface area contributed by atoms with Gasteiger partial charge in [-0.3, -0.25) is 4.79 Å². The zero-order valence-electron chi connectivity index (χ0n) is 16.5. The van der Waals surface area contributed by atoms with Crippen LogP contribution in [0.1, 0.15) is 22.8 Å². The lowest BCUT2D eigenvalue weighted by Gasteiger charge is -2.11. The van der Waals surface area contributed by atoms with Crippen LogP contribution in [-0.4, -0.2) is 17.7 Å². The lowest BCUT2D eigenvalue weighted by Crippen LogP contribution is -2.13. The lowest BCUT2D eigenvalue weighted by atomic mass is 10.0. The van der Waals surface area contributed by atoms with Crippen molar-refractivity contribution in [2.24, 2.45) is 0 Å². The van der Waals surface area contributed by atoms with Crippen LogP contribution in [0.4, 0.5) is 5.69 Å². The van der Waals surface area contributed by atoms with Crippen molar-refractivity contribution in [3.05, 3.63) is 83.9 Å². The van der Waals surface area contributed by atoms with E-state index in [1.165, 1.54) is 5.56 Å². The molecule has 0 saturated carbocycles. The summed E-state index contributed by atoms with van der Waals surface area (Å²) in [6.45, 7) is 2.32. The highest BCUT2D eigenvalue weighted by Gasteiger charge is 2.17. The van der Waals surface area contributed by atoms with E-state index in [1.54, 1.807) is 18.2 Å². The van der Waals surface area contributed by atoms with Crippen molar-refractivity contribution in [1.82, 2.24) is 4.98 Å². The third-order valence-electron chi connectivity index (χ3n) is 5.25. The minimum atomic E-state index is -0.195. The number of carbonyl (C=O) groups excluding carboxylic acids is 1. The van der Waals surface area contributed by atoms with Crippen LogP contribution in [0.25, 0.3) is 22.2 Å². The van der Waals surface area contributed by atoms with Crippen LogP contribution in [-0.2, 0) is 6.42 Å². The molecule has 1 N–H and O–H groups in total. The van der Waals surface area contributed by atoms with Crippen LogP contribution in [0, 0.1) is 0 Å². The molecule has 148 valence electrons. The van der Waals surface area contributed by atoms with Crippen molar-refractivity contribution in [2.75, 3.05) is 12.1 Å². The molecule has 0 spiro atoms. The van der Waals surface area contributed by atoms with E-state index in [9.17, 15) is 4.79 Å². The van der Waals surface area contributed by atoms with E-state index in [1.807, 2.05) is 30.3 Å². The number of ether oxygens (including phenoxy) is 2. The number of hydrogen-bond donors (Lipinski definition) is 1. The summed E-state index contributed by atoms with van der Waals surface area (Å²) in [5.41, 5.74) is 5.03. The van der Waals surface area contributed by atoms with E-state index in [-0.39, 0.29) is 12.7 Å². The van der Waals surface area contributed by atoms with Crippen LogP contribution in [0.15, 0.2) is 72.8 Å². The Hall–Kier alpha value is -3.86. The Bertz CT molecular complexity index is 1250. The number of hydrogen-bond acceptors (Lipinski definition) is 4. The molecule has 5 heteroatoms. The maximum Gasteiger partial charge on any atom is 0.256 e. The molecule has 5 nitrogen and oxygen atoms in total. The highest BCUT2D eigenvalue weighted by Crippen LogP contribution is 2.34. The van der Waals surface area contributed by atoms with E-state index in [0.717, 1.165) is 28.6 Å². The Morgan fingerprint density at radius 3 is 2.60 bits per heavy atom. The van der Waals surface area contributed by atoms with E-state index in [4.69, 9.17) is 14.5 Å². The quantitative estimate of drug-likeness (QED) is 0.499. The summed E-state index contributed by atoms with van der Waals surface area (Å²) in [5.74, 6) is 1.11. The summed E-state index contributed by atoms with van der Waals surface area (Å²) < 4.78 is 10.7. The second-order valence-corrected chi connectivity index (χ2v) is 7.14. The number of fused-ring (bicyclic) bond motifs is 2. The van der Waals surface area contributed by atoms with Gasteiger partial charge in [0.1, 0.15) is 0 Å². The Balaban J connectivity index is 1.54.